The number of halogens is 1. The Balaban J connectivity index is 1.73. The van der Waals surface area contributed by atoms with Crippen LogP contribution in [0.2, 0.25) is 0 Å². The lowest BCUT2D eigenvalue weighted by atomic mass is 9.87. The van der Waals surface area contributed by atoms with Gasteiger partial charge in [0.15, 0.2) is 0 Å². The molecular formula is C35H39FN4O2. The van der Waals surface area contributed by atoms with Gasteiger partial charge in [0.1, 0.15) is 17.2 Å². The number of pyridine rings is 1. The normalized spacial score (nSPS) is 11.9. The van der Waals surface area contributed by atoms with Crippen LogP contribution in [0.3, 0.4) is 0 Å². The van der Waals surface area contributed by atoms with Crippen LogP contribution in [0.1, 0.15) is 49.0 Å². The van der Waals surface area contributed by atoms with Crippen molar-refractivity contribution < 1.29 is 9.13 Å². The van der Waals surface area contributed by atoms with Gasteiger partial charge in [-0.2, -0.15) is 0 Å². The number of hydrogen-bond acceptors (Lipinski definition) is 4. The van der Waals surface area contributed by atoms with Crippen molar-refractivity contribution in [2.45, 2.75) is 52.6 Å². The Kier molecular flexibility index (Phi) is 8.32. The van der Waals surface area contributed by atoms with Crippen molar-refractivity contribution in [1.29, 1.82) is 0 Å². The molecule has 0 radical (unpaired) electrons. The van der Waals surface area contributed by atoms with Gasteiger partial charge in [0.05, 0.1) is 19.2 Å². The van der Waals surface area contributed by atoms with E-state index in [1.54, 1.807) is 19.2 Å². The molecule has 5 rings (SSSR count). The fourth-order valence-corrected chi connectivity index (χ4v) is 5.63. The van der Waals surface area contributed by atoms with Crippen molar-refractivity contribution >= 4 is 5.65 Å². The number of aromatic nitrogens is 3. The number of likely N-dealkylation sites (N-methyl/N-ethyl adjacent to an activating group) is 1. The Morgan fingerprint density at radius 1 is 1.00 bits per heavy atom. The monoisotopic (exact) mass is 566 g/mol. The molecule has 2 aromatic carbocycles. The number of hydrogen-bond donors (Lipinski definition) is 0. The van der Waals surface area contributed by atoms with E-state index in [1.165, 1.54) is 6.07 Å². The van der Waals surface area contributed by atoms with Gasteiger partial charge in [-0.15, -0.1) is 0 Å². The number of rotatable bonds is 9. The maximum Gasteiger partial charge on any atom is 0.266 e. The molecule has 0 saturated carbocycles. The van der Waals surface area contributed by atoms with Gasteiger partial charge in [0.2, 0.25) is 0 Å². The first-order valence-electron chi connectivity index (χ1n) is 14.3. The molecule has 42 heavy (non-hydrogen) atoms. The molecule has 0 bridgehead atoms. The zero-order valence-corrected chi connectivity index (χ0v) is 25.3. The molecule has 0 aliphatic rings. The number of ether oxygens (including phenoxy) is 1. The minimum atomic E-state index is -0.270. The molecule has 0 N–H and O–H groups in total. The van der Waals surface area contributed by atoms with Crippen LogP contribution >= 0.6 is 0 Å². The molecule has 0 unspecified atom stereocenters. The smallest absolute Gasteiger partial charge is 0.266 e. The molecule has 5 aromatic rings. The van der Waals surface area contributed by atoms with Crippen LogP contribution in [0.25, 0.3) is 16.8 Å². The Hall–Kier alpha value is -4.23. The number of methoxy groups -OCH3 is 1. The van der Waals surface area contributed by atoms with E-state index in [2.05, 4.69) is 48.3 Å². The summed E-state index contributed by atoms with van der Waals surface area (Å²) in [6.07, 6.45) is 2.62. The molecule has 0 atom stereocenters. The van der Waals surface area contributed by atoms with E-state index in [0.717, 1.165) is 46.8 Å². The quantitative estimate of drug-likeness (QED) is 0.201. The molecule has 0 aliphatic heterocycles. The summed E-state index contributed by atoms with van der Waals surface area (Å²) in [5.41, 5.74) is 6.18. The summed E-state index contributed by atoms with van der Waals surface area (Å²) in [5, 5.41) is 0. The second-order valence-corrected chi connectivity index (χ2v) is 11.9. The van der Waals surface area contributed by atoms with Crippen molar-refractivity contribution in [1.82, 2.24) is 18.9 Å². The lowest BCUT2D eigenvalue weighted by Gasteiger charge is -2.23. The summed E-state index contributed by atoms with van der Waals surface area (Å²) in [4.78, 5) is 21.3. The zero-order valence-electron chi connectivity index (χ0n) is 25.3. The highest BCUT2D eigenvalue weighted by Gasteiger charge is 2.27. The van der Waals surface area contributed by atoms with Crippen LogP contribution in [0.5, 0.6) is 5.75 Å². The SMILES string of the molecule is COc1cccc(-c2c(C)n(Cc3ccccc3F)c3cc(C(C)(C)C)c(CN(C)CCc4ccccn4)n3c2=O)c1. The van der Waals surface area contributed by atoms with Crippen molar-refractivity contribution in [3.05, 3.63) is 123 Å². The summed E-state index contributed by atoms with van der Waals surface area (Å²) in [5.74, 6) is 0.401. The standard InChI is InChI=1S/C35H39FN4O2/c1-24-33(25-13-11-15-28(20-25)42-6)34(41)40-31(23-38(5)19-17-27-14-9-10-18-37-27)29(35(2,3)4)21-32(40)39(24)22-26-12-7-8-16-30(26)36/h7-16,18,20-21H,17,19,22-23H2,1-6H3. The maximum atomic E-state index is 15.0. The Morgan fingerprint density at radius 3 is 2.45 bits per heavy atom. The molecule has 0 saturated heterocycles. The van der Waals surface area contributed by atoms with E-state index in [0.29, 0.717) is 30.0 Å². The number of benzene rings is 2. The molecule has 0 amide bonds. The van der Waals surface area contributed by atoms with Gasteiger partial charge in [0, 0.05) is 48.4 Å². The summed E-state index contributed by atoms with van der Waals surface area (Å²) in [6.45, 7) is 10.1. The molecule has 6 nitrogen and oxygen atoms in total. The molecular weight excluding hydrogens is 527 g/mol. The van der Waals surface area contributed by atoms with Crippen LogP contribution in [0, 0.1) is 12.7 Å². The molecule has 0 aliphatic carbocycles. The molecule has 3 heterocycles. The van der Waals surface area contributed by atoms with Crippen LogP contribution in [-0.4, -0.2) is 39.6 Å². The second-order valence-electron chi connectivity index (χ2n) is 11.9. The molecule has 218 valence electrons. The van der Waals surface area contributed by atoms with Gasteiger partial charge < -0.3 is 14.2 Å². The van der Waals surface area contributed by atoms with Gasteiger partial charge in [-0.3, -0.25) is 14.2 Å². The van der Waals surface area contributed by atoms with Gasteiger partial charge >= 0.3 is 0 Å². The van der Waals surface area contributed by atoms with Gasteiger partial charge in [0.25, 0.3) is 5.56 Å². The predicted molar refractivity (Wildman–Crippen MR) is 167 cm³/mol. The third-order valence-electron chi connectivity index (χ3n) is 7.89. The largest absolute Gasteiger partial charge is 0.497 e. The van der Waals surface area contributed by atoms with Crippen molar-refractivity contribution in [3.8, 4) is 16.9 Å². The van der Waals surface area contributed by atoms with E-state index in [1.807, 2.05) is 66.1 Å². The summed E-state index contributed by atoms with van der Waals surface area (Å²) >= 11 is 0. The summed E-state index contributed by atoms with van der Waals surface area (Å²) in [6, 6.07) is 22.5. The van der Waals surface area contributed by atoms with E-state index in [4.69, 9.17) is 4.74 Å². The van der Waals surface area contributed by atoms with Crippen LogP contribution < -0.4 is 10.3 Å². The summed E-state index contributed by atoms with van der Waals surface area (Å²) in [7, 11) is 3.69. The summed E-state index contributed by atoms with van der Waals surface area (Å²) < 4.78 is 24.4. The predicted octanol–water partition coefficient (Wildman–Crippen LogP) is 6.64. The van der Waals surface area contributed by atoms with E-state index >= 15 is 0 Å². The lowest BCUT2D eigenvalue weighted by molar-refractivity contribution is 0.321. The van der Waals surface area contributed by atoms with Crippen molar-refractivity contribution in [2.75, 3.05) is 20.7 Å². The molecule has 0 fully saturated rings. The topological polar surface area (TPSA) is 51.8 Å². The maximum absolute atomic E-state index is 15.0. The van der Waals surface area contributed by atoms with Crippen LogP contribution in [0.15, 0.2) is 83.8 Å². The Labute approximate surface area is 247 Å². The number of fused-ring (bicyclic) bond motifs is 1. The third kappa shape index (κ3) is 5.88. The number of nitrogens with zero attached hydrogens (tertiary/aromatic N) is 4. The van der Waals surface area contributed by atoms with E-state index in [9.17, 15) is 9.18 Å². The highest BCUT2D eigenvalue weighted by Crippen LogP contribution is 2.33. The average Bonchev–Trinajstić information content (AvgIpc) is 3.35. The molecule has 0 spiro atoms. The van der Waals surface area contributed by atoms with E-state index in [-0.39, 0.29) is 16.8 Å². The Morgan fingerprint density at radius 2 is 1.76 bits per heavy atom. The van der Waals surface area contributed by atoms with Crippen LogP contribution in [-0.2, 0) is 24.9 Å². The van der Waals surface area contributed by atoms with Crippen LogP contribution in [0.4, 0.5) is 4.39 Å². The van der Waals surface area contributed by atoms with Gasteiger partial charge in [-0.25, -0.2) is 4.39 Å². The minimum Gasteiger partial charge on any atom is -0.497 e. The minimum absolute atomic E-state index is 0.0934. The fourth-order valence-electron chi connectivity index (χ4n) is 5.63. The Bertz CT molecular complexity index is 1770. The average molecular weight is 567 g/mol. The van der Waals surface area contributed by atoms with E-state index < -0.39 is 0 Å². The van der Waals surface area contributed by atoms with Gasteiger partial charge in [-0.05, 0) is 66.9 Å². The lowest BCUT2D eigenvalue weighted by Crippen LogP contribution is -2.29. The first-order chi connectivity index (χ1) is 20.1. The first kappa shape index (κ1) is 29.3. The third-order valence-corrected chi connectivity index (χ3v) is 7.89. The zero-order chi connectivity index (χ0) is 30.0. The van der Waals surface area contributed by atoms with Crippen molar-refractivity contribution in [3.63, 3.8) is 0 Å². The molecule has 7 heteroatoms. The fraction of sp³-hybridized carbons (Fsp3) is 0.314. The van der Waals surface area contributed by atoms with Gasteiger partial charge in [-0.1, -0.05) is 57.2 Å². The highest BCUT2D eigenvalue weighted by atomic mass is 19.1. The van der Waals surface area contributed by atoms with Crippen molar-refractivity contribution in [2.24, 2.45) is 0 Å². The first-order valence-corrected chi connectivity index (χ1v) is 14.3. The second kappa shape index (κ2) is 11.9. The molecule has 3 aromatic heterocycles. The highest BCUT2D eigenvalue weighted by molar-refractivity contribution is 5.69.